The summed E-state index contributed by atoms with van der Waals surface area (Å²) in [5.41, 5.74) is 1.07. The number of benzene rings is 1. The van der Waals surface area contributed by atoms with Crippen LogP contribution in [0.3, 0.4) is 0 Å². The van der Waals surface area contributed by atoms with Gasteiger partial charge in [0.25, 0.3) is 0 Å². The van der Waals surface area contributed by atoms with Gasteiger partial charge in [-0.05, 0) is 49.1 Å². The van der Waals surface area contributed by atoms with Gasteiger partial charge in [0.2, 0.25) is 0 Å². The number of aromatic hydroxyl groups is 1. The van der Waals surface area contributed by atoms with E-state index in [0.717, 1.165) is 24.0 Å². The molecule has 1 aliphatic heterocycles. The normalized spacial score (nSPS) is 29.3. The Morgan fingerprint density at radius 3 is 2.92 bits per heavy atom. The van der Waals surface area contributed by atoms with Gasteiger partial charge in [-0.15, -0.1) is 0 Å². The van der Waals surface area contributed by atoms with Crippen LogP contribution in [0.2, 0.25) is 0 Å². The number of ether oxygens (including phenoxy) is 2. The van der Waals surface area contributed by atoms with Crippen molar-refractivity contribution in [3.63, 3.8) is 0 Å². The number of carbonyl (C=O) groups excluding carboxylic acids is 1. The monoisotopic (exact) mass is 330 g/mol. The quantitative estimate of drug-likeness (QED) is 0.504. The van der Waals surface area contributed by atoms with E-state index in [0.29, 0.717) is 6.61 Å². The number of carbonyl (C=O) groups is 1. The Hall–Kier alpha value is -2.11. The fourth-order valence-electron chi connectivity index (χ4n) is 3.22. The van der Waals surface area contributed by atoms with E-state index in [-0.39, 0.29) is 24.4 Å². The van der Waals surface area contributed by atoms with E-state index in [9.17, 15) is 15.0 Å². The standard InChI is InChI=1S/C19H22O5/c1-19(22)12-24-17-10-14(4-8-16(17)19)11-23-18(21)9-5-13-2-6-15(20)7-3-13/h2-3,5-7,9-10,16-17,20,22H,4,8,11-12H2,1H3. The van der Waals surface area contributed by atoms with E-state index >= 15 is 0 Å². The fourth-order valence-corrected chi connectivity index (χ4v) is 3.22. The van der Waals surface area contributed by atoms with Crippen molar-refractivity contribution in [2.24, 2.45) is 5.92 Å². The smallest absolute Gasteiger partial charge is 0.331 e. The second-order valence-electron chi connectivity index (χ2n) is 6.64. The second kappa shape index (κ2) is 6.79. The predicted molar refractivity (Wildman–Crippen MR) is 89.3 cm³/mol. The third-order valence-electron chi connectivity index (χ3n) is 4.64. The van der Waals surface area contributed by atoms with Crippen LogP contribution in [0.5, 0.6) is 5.75 Å². The van der Waals surface area contributed by atoms with Gasteiger partial charge in [0.1, 0.15) is 12.4 Å². The lowest BCUT2D eigenvalue weighted by atomic mass is 9.79. The van der Waals surface area contributed by atoms with Crippen LogP contribution in [0.1, 0.15) is 25.3 Å². The Bertz CT molecular complexity index is 657. The summed E-state index contributed by atoms with van der Waals surface area (Å²) >= 11 is 0. The van der Waals surface area contributed by atoms with Gasteiger partial charge < -0.3 is 19.7 Å². The number of aliphatic hydroxyl groups is 1. The first-order chi connectivity index (χ1) is 11.4. The lowest BCUT2D eigenvalue weighted by Gasteiger charge is -2.29. The van der Waals surface area contributed by atoms with Crippen molar-refractivity contribution in [1.82, 2.24) is 0 Å². The Balaban J connectivity index is 1.51. The zero-order valence-electron chi connectivity index (χ0n) is 13.6. The van der Waals surface area contributed by atoms with Gasteiger partial charge in [0.05, 0.1) is 18.3 Å². The molecule has 1 aliphatic carbocycles. The number of fused-ring (bicyclic) bond motifs is 1. The summed E-state index contributed by atoms with van der Waals surface area (Å²) in [6.07, 6.45) is 6.54. The fraction of sp³-hybridized carbons (Fsp3) is 0.421. The molecule has 2 N–H and O–H groups in total. The average molecular weight is 330 g/mol. The van der Waals surface area contributed by atoms with Gasteiger partial charge in [-0.2, -0.15) is 0 Å². The maximum Gasteiger partial charge on any atom is 0.331 e. The number of phenolic OH excluding ortho intramolecular Hbond substituents is 1. The lowest BCUT2D eigenvalue weighted by molar-refractivity contribution is -0.136. The highest BCUT2D eigenvalue weighted by Gasteiger charge is 2.45. The first kappa shape index (κ1) is 16.7. The van der Waals surface area contributed by atoms with E-state index < -0.39 is 11.6 Å². The Morgan fingerprint density at radius 1 is 1.42 bits per heavy atom. The lowest BCUT2D eigenvalue weighted by Crippen LogP contribution is -2.37. The van der Waals surface area contributed by atoms with E-state index in [1.807, 2.05) is 13.0 Å². The molecule has 3 rings (SSSR count). The SMILES string of the molecule is CC1(O)COC2C=C(COC(=O)C=Cc3ccc(O)cc3)CCC21. The number of esters is 1. The summed E-state index contributed by atoms with van der Waals surface area (Å²) in [6, 6.07) is 6.55. The highest BCUT2D eigenvalue weighted by molar-refractivity contribution is 5.87. The van der Waals surface area contributed by atoms with Gasteiger partial charge in [-0.25, -0.2) is 4.79 Å². The first-order valence-corrected chi connectivity index (χ1v) is 8.11. The molecule has 3 unspecified atom stereocenters. The van der Waals surface area contributed by atoms with Gasteiger partial charge in [-0.1, -0.05) is 18.2 Å². The van der Waals surface area contributed by atoms with E-state index in [1.54, 1.807) is 30.3 Å². The molecule has 128 valence electrons. The molecular weight excluding hydrogens is 308 g/mol. The molecule has 24 heavy (non-hydrogen) atoms. The molecule has 0 spiro atoms. The average Bonchev–Trinajstić information content (AvgIpc) is 2.87. The summed E-state index contributed by atoms with van der Waals surface area (Å²) in [5, 5.41) is 19.4. The number of phenols is 1. The van der Waals surface area contributed by atoms with Crippen LogP contribution in [0.4, 0.5) is 0 Å². The molecule has 5 nitrogen and oxygen atoms in total. The Morgan fingerprint density at radius 2 is 2.17 bits per heavy atom. The number of rotatable bonds is 4. The third-order valence-corrected chi connectivity index (χ3v) is 4.64. The van der Waals surface area contributed by atoms with E-state index in [4.69, 9.17) is 9.47 Å². The molecule has 0 radical (unpaired) electrons. The molecular formula is C19H22O5. The van der Waals surface area contributed by atoms with Crippen LogP contribution < -0.4 is 0 Å². The highest BCUT2D eigenvalue weighted by Crippen LogP contribution is 2.39. The van der Waals surface area contributed by atoms with Crippen LogP contribution in [-0.2, 0) is 14.3 Å². The van der Waals surface area contributed by atoms with Crippen LogP contribution in [-0.4, -0.2) is 41.1 Å². The summed E-state index contributed by atoms with van der Waals surface area (Å²) in [4.78, 5) is 11.8. The molecule has 1 fully saturated rings. The van der Waals surface area contributed by atoms with Crippen LogP contribution in [0.15, 0.2) is 42.0 Å². The minimum absolute atomic E-state index is 0.0880. The molecule has 0 aromatic heterocycles. The van der Waals surface area contributed by atoms with Crippen LogP contribution >= 0.6 is 0 Å². The van der Waals surface area contributed by atoms with E-state index in [1.165, 1.54) is 6.08 Å². The third kappa shape index (κ3) is 3.86. The van der Waals surface area contributed by atoms with Crippen LogP contribution in [0.25, 0.3) is 6.08 Å². The highest BCUT2D eigenvalue weighted by atomic mass is 16.5. The predicted octanol–water partition coefficient (Wildman–Crippen LogP) is 2.43. The molecule has 0 bridgehead atoms. The van der Waals surface area contributed by atoms with Gasteiger partial charge in [0.15, 0.2) is 0 Å². The minimum atomic E-state index is -0.768. The zero-order valence-corrected chi connectivity index (χ0v) is 13.6. The molecule has 1 saturated heterocycles. The first-order valence-electron chi connectivity index (χ1n) is 8.11. The molecule has 5 heteroatoms. The summed E-state index contributed by atoms with van der Waals surface area (Å²) in [7, 11) is 0. The Kier molecular flexibility index (Phi) is 4.73. The largest absolute Gasteiger partial charge is 0.508 e. The van der Waals surface area contributed by atoms with Crippen molar-refractivity contribution >= 4 is 12.0 Å². The minimum Gasteiger partial charge on any atom is -0.508 e. The maximum atomic E-state index is 11.8. The molecule has 1 heterocycles. The van der Waals surface area contributed by atoms with Crippen molar-refractivity contribution in [2.45, 2.75) is 31.5 Å². The van der Waals surface area contributed by atoms with E-state index in [2.05, 4.69) is 0 Å². The van der Waals surface area contributed by atoms with Gasteiger partial charge in [-0.3, -0.25) is 0 Å². The molecule has 2 aliphatic rings. The number of hydrogen-bond acceptors (Lipinski definition) is 5. The van der Waals surface area contributed by atoms with Crippen molar-refractivity contribution in [2.75, 3.05) is 13.2 Å². The summed E-state index contributed by atoms with van der Waals surface area (Å²) < 4.78 is 10.9. The topological polar surface area (TPSA) is 76.0 Å². The summed E-state index contributed by atoms with van der Waals surface area (Å²) in [5.74, 6) is -0.109. The maximum absolute atomic E-state index is 11.8. The molecule has 0 amide bonds. The van der Waals surface area contributed by atoms with Crippen molar-refractivity contribution in [3.8, 4) is 5.75 Å². The van der Waals surface area contributed by atoms with Crippen molar-refractivity contribution in [3.05, 3.63) is 47.6 Å². The zero-order chi connectivity index (χ0) is 17.2. The second-order valence-corrected chi connectivity index (χ2v) is 6.64. The molecule has 3 atom stereocenters. The summed E-state index contributed by atoms with van der Waals surface area (Å²) in [6.45, 7) is 2.40. The van der Waals surface area contributed by atoms with Gasteiger partial charge in [0, 0.05) is 12.0 Å². The Labute approximate surface area is 141 Å². The molecule has 1 aromatic rings. The molecule has 1 aromatic carbocycles. The number of hydrogen-bond donors (Lipinski definition) is 2. The van der Waals surface area contributed by atoms with Gasteiger partial charge >= 0.3 is 5.97 Å². The van der Waals surface area contributed by atoms with Crippen molar-refractivity contribution < 1.29 is 24.5 Å². The van der Waals surface area contributed by atoms with Crippen molar-refractivity contribution in [1.29, 1.82) is 0 Å². The molecule has 0 saturated carbocycles. The van der Waals surface area contributed by atoms with Crippen LogP contribution in [0, 0.1) is 5.92 Å².